The number of halogens is 1. The van der Waals surface area contributed by atoms with E-state index < -0.39 is 0 Å². The van der Waals surface area contributed by atoms with Crippen LogP contribution in [0.3, 0.4) is 0 Å². The van der Waals surface area contributed by atoms with Crippen LogP contribution in [0.15, 0.2) is 0 Å². The molecule has 0 N–H and O–H groups in total. The summed E-state index contributed by atoms with van der Waals surface area (Å²) in [6.07, 6.45) is 2.50. The van der Waals surface area contributed by atoms with Crippen molar-refractivity contribution in [2.75, 3.05) is 12.5 Å². The number of hydrogen-bond donors (Lipinski definition) is 0. The first-order chi connectivity index (χ1) is 5.60. The van der Waals surface area contributed by atoms with E-state index in [1.165, 1.54) is 0 Å². The van der Waals surface area contributed by atoms with Crippen LogP contribution in [0.25, 0.3) is 0 Å². The molecule has 2 heteroatoms. The number of rotatable bonds is 6. The Labute approximate surface area is 81.4 Å². The average molecular weight is 193 g/mol. The second kappa shape index (κ2) is 5.82. The van der Waals surface area contributed by atoms with E-state index in [4.69, 9.17) is 16.3 Å². The van der Waals surface area contributed by atoms with Gasteiger partial charge in [0.1, 0.15) is 0 Å². The van der Waals surface area contributed by atoms with Gasteiger partial charge in [0, 0.05) is 11.3 Å². The van der Waals surface area contributed by atoms with E-state index in [-0.39, 0.29) is 5.41 Å². The average Bonchev–Trinajstić information content (AvgIpc) is 2.08. The molecule has 0 radical (unpaired) electrons. The SMILES string of the molecule is CCC(CC)(CCl)COC(C)C. The highest BCUT2D eigenvalue weighted by Crippen LogP contribution is 2.28. The van der Waals surface area contributed by atoms with Crippen LogP contribution >= 0.6 is 11.6 Å². The number of hydrogen-bond acceptors (Lipinski definition) is 1. The van der Waals surface area contributed by atoms with Crippen molar-refractivity contribution in [2.45, 2.75) is 46.6 Å². The smallest absolute Gasteiger partial charge is 0.0537 e. The zero-order chi connectivity index (χ0) is 9.61. The van der Waals surface area contributed by atoms with Gasteiger partial charge in [-0.2, -0.15) is 0 Å². The first-order valence-electron chi connectivity index (χ1n) is 4.77. The van der Waals surface area contributed by atoms with E-state index in [0.717, 1.165) is 19.4 Å². The van der Waals surface area contributed by atoms with E-state index in [1.54, 1.807) is 0 Å². The molecular formula is C10H21ClO. The monoisotopic (exact) mass is 192 g/mol. The molecule has 0 aromatic heterocycles. The minimum absolute atomic E-state index is 0.200. The second-order valence-electron chi connectivity index (χ2n) is 3.70. The van der Waals surface area contributed by atoms with Gasteiger partial charge in [-0.05, 0) is 26.7 Å². The summed E-state index contributed by atoms with van der Waals surface area (Å²) in [5.41, 5.74) is 0.200. The van der Waals surface area contributed by atoms with Gasteiger partial charge in [0.15, 0.2) is 0 Å². The minimum atomic E-state index is 0.200. The lowest BCUT2D eigenvalue weighted by Crippen LogP contribution is -2.29. The highest BCUT2D eigenvalue weighted by Gasteiger charge is 2.25. The van der Waals surface area contributed by atoms with E-state index in [9.17, 15) is 0 Å². The number of alkyl halides is 1. The van der Waals surface area contributed by atoms with Crippen molar-refractivity contribution in [3.05, 3.63) is 0 Å². The van der Waals surface area contributed by atoms with E-state index >= 15 is 0 Å². The summed E-state index contributed by atoms with van der Waals surface area (Å²) in [7, 11) is 0. The third-order valence-electron chi connectivity index (χ3n) is 2.51. The van der Waals surface area contributed by atoms with Crippen LogP contribution in [0, 0.1) is 5.41 Å². The van der Waals surface area contributed by atoms with Crippen LogP contribution in [0.5, 0.6) is 0 Å². The Morgan fingerprint density at radius 3 is 2.00 bits per heavy atom. The van der Waals surface area contributed by atoms with E-state index in [2.05, 4.69) is 27.7 Å². The van der Waals surface area contributed by atoms with Gasteiger partial charge >= 0.3 is 0 Å². The van der Waals surface area contributed by atoms with Gasteiger partial charge in [-0.1, -0.05) is 13.8 Å². The molecule has 0 amide bonds. The maximum absolute atomic E-state index is 5.93. The van der Waals surface area contributed by atoms with Crippen molar-refractivity contribution >= 4 is 11.6 Å². The van der Waals surface area contributed by atoms with Gasteiger partial charge in [-0.15, -0.1) is 11.6 Å². The Hall–Kier alpha value is 0.250. The Morgan fingerprint density at radius 2 is 1.75 bits per heavy atom. The molecule has 0 aliphatic rings. The van der Waals surface area contributed by atoms with Gasteiger partial charge in [-0.25, -0.2) is 0 Å². The molecule has 0 heterocycles. The fourth-order valence-electron chi connectivity index (χ4n) is 1.03. The van der Waals surface area contributed by atoms with Crippen molar-refractivity contribution in [3.8, 4) is 0 Å². The molecular weight excluding hydrogens is 172 g/mol. The normalized spacial score (nSPS) is 12.5. The highest BCUT2D eigenvalue weighted by atomic mass is 35.5. The molecule has 0 spiro atoms. The van der Waals surface area contributed by atoms with Gasteiger partial charge in [0.25, 0.3) is 0 Å². The van der Waals surface area contributed by atoms with Crippen LogP contribution in [0.2, 0.25) is 0 Å². The molecule has 0 saturated heterocycles. The predicted octanol–water partition coefficient (Wildman–Crippen LogP) is 3.46. The summed E-state index contributed by atoms with van der Waals surface area (Å²) < 4.78 is 5.60. The topological polar surface area (TPSA) is 9.23 Å². The lowest BCUT2D eigenvalue weighted by Gasteiger charge is -2.29. The second-order valence-corrected chi connectivity index (χ2v) is 3.97. The fourth-order valence-corrected chi connectivity index (χ4v) is 1.48. The molecule has 0 aromatic rings. The largest absolute Gasteiger partial charge is 0.378 e. The number of ether oxygens (including phenoxy) is 1. The molecule has 0 fully saturated rings. The van der Waals surface area contributed by atoms with Gasteiger partial charge < -0.3 is 4.74 Å². The third kappa shape index (κ3) is 3.77. The predicted molar refractivity (Wildman–Crippen MR) is 54.8 cm³/mol. The Kier molecular flexibility index (Phi) is 5.94. The molecule has 0 aliphatic carbocycles. The van der Waals surface area contributed by atoms with Crippen molar-refractivity contribution in [3.63, 3.8) is 0 Å². The quantitative estimate of drug-likeness (QED) is 0.586. The Bertz CT molecular complexity index is 100. The summed E-state index contributed by atoms with van der Waals surface area (Å²) in [6, 6.07) is 0. The summed E-state index contributed by atoms with van der Waals surface area (Å²) in [5, 5.41) is 0. The van der Waals surface area contributed by atoms with Crippen LogP contribution in [-0.2, 0) is 4.74 Å². The van der Waals surface area contributed by atoms with Crippen molar-refractivity contribution in [1.29, 1.82) is 0 Å². The maximum Gasteiger partial charge on any atom is 0.0537 e. The molecule has 74 valence electrons. The van der Waals surface area contributed by atoms with Gasteiger partial charge in [0.2, 0.25) is 0 Å². The Morgan fingerprint density at radius 1 is 1.25 bits per heavy atom. The lowest BCUT2D eigenvalue weighted by molar-refractivity contribution is 0.0124. The zero-order valence-corrected chi connectivity index (χ0v) is 9.45. The highest BCUT2D eigenvalue weighted by molar-refractivity contribution is 6.18. The minimum Gasteiger partial charge on any atom is -0.378 e. The van der Waals surface area contributed by atoms with Crippen molar-refractivity contribution in [1.82, 2.24) is 0 Å². The lowest BCUT2D eigenvalue weighted by atomic mass is 9.85. The molecule has 0 unspecified atom stereocenters. The molecule has 0 aromatic carbocycles. The third-order valence-corrected chi connectivity index (χ3v) is 3.07. The fraction of sp³-hybridized carbons (Fsp3) is 1.00. The van der Waals surface area contributed by atoms with Crippen LogP contribution in [-0.4, -0.2) is 18.6 Å². The standard InChI is InChI=1S/C10H21ClO/c1-5-10(6-2,7-11)8-12-9(3)4/h9H,5-8H2,1-4H3. The van der Waals surface area contributed by atoms with Crippen LogP contribution < -0.4 is 0 Å². The van der Waals surface area contributed by atoms with Crippen molar-refractivity contribution < 1.29 is 4.74 Å². The molecule has 0 atom stereocenters. The summed E-state index contributed by atoms with van der Waals surface area (Å²) >= 11 is 5.93. The molecule has 0 bridgehead atoms. The summed E-state index contributed by atoms with van der Waals surface area (Å²) in [4.78, 5) is 0. The maximum atomic E-state index is 5.93. The van der Waals surface area contributed by atoms with E-state index in [1.807, 2.05) is 0 Å². The zero-order valence-electron chi connectivity index (χ0n) is 8.69. The van der Waals surface area contributed by atoms with Gasteiger partial charge in [-0.3, -0.25) is 0 Å². The van der Waals surface area contributed by atoms with Crippen LogP contribution in [0.1, 0.15) is 40.5 Å². The first kappa shape index (κ1) is 12.2. The molecule has 0 aliphatic heterocycles. The molecule has 0 saturated carbocycles. The van der Waals surface area contributed by atoms with E-state index in [0.29, 0.717) is 12.0 Å². The van der Waals surface area contributed by atoms with Crippen molar-refractivity contribution in [2.24, 2.45) is 5.41 Å². The molecule has 0 rings (SSSR count). The van der Waals surface area contributed by atoms with Gasteiger partial charge in [0.05, 0.1) is 12.7 Å². The molecule has 1 nitrogen and oxygen atoms in total. The first-order valence-corrected chi connectivity index (χ1v) is 5.31. The molecule has 12 heavy (non-hydrogen) atoms. The Balaban J connectivity index is 3.93. The summed E-state index contributed by atoms with van der Waals surface area (Å²) in [6.45, 7) is 9.26. The summed E-state index contributed by atoms with van der Waals surface area (Å²) in [5.74, 6) is 0.701. The van der Waals surface area contributed by atoms with Crippen LogP contribution in [0.4, 0.5) is 0 Å².